The maximum atomic E-state index is 13.6. The Hall–Kier alpha value is -3.88. The van der Waals surface area contributed by atoms with Crippen LogP contribution in [0.5, 0.6) is 0 Å². The fourth-order valence-electron chi connectivity index (χ4n) is 4.40. The molecule has 5 rings (SSSR count). The molecule has 0 radical (unpaired) electrons. The van der Waals surface area contributed by atoms with Crippen molar-refractivity contribution in [1.82, 2.24) is 29.7 Å². The van der Waals surface area contributed by atoms with E-state index in [9.17, 15) is 13.6 Å². The Kier molecular flexibility index (Phi) is 5.91. The number of aryl methyl sites for hydroxylation is 1. The molecule has 0 N–H and O–H groups in total. The first-order chi connectivity index (χ1) is 16.5. The third-order valence-corrected chi connectivity index (χ3v) is 6.10. The van der Waals surface area contributed by atoms with Gasteiger partial charge in [-0.3, -0.25) is 9.48 Å². The van der Waals surface area contributed by atoms with Gasteiger partial charge in [-0.15, -0.1) is 5.10 Å². The number of carbonyl (C=O) groups is 1. The minimum atomic E-state index is -0.351. The van der Waals surface area contributed by atoms with Crippen molar-refractivity contribution in [2.75, 3.05) is 6.54 Å². The van der Waals surface area contributed by atoms with Gasteiger partial charge in [-0.05, 0) is 73.9 Å². The van der Waals surface area contributed by atoms with Gasteiger partial charge in [0.2, 0.25) is 0 Å². The summed E-state index contributed by atoms with van der Waals surface area (Å²) in [7, 11) is 1.66. The molecule has 1 aliphatic heterocycles. The highest BCUT2D eigenvalue weighted by molar-refractivity contribution is 5.98. The lowest BCUT2D eigenvalue weighted by molar-refractivity contribution is 0.0578. The molecule has 2 aromatic carbocycles. The molecule has 0 spiro atoms. The predicted molar refractivity (Wildman–Crippen MR) is 123 cm³/mol. The second kappa shape index (κ2) is 9.17. The van der Waals surface area contributed by atoms with Crippen molar-refractivity contribution in [3.63, 3.8) is 0 Å². The Morgan fingerprint density at radius 2 is 1.59 bits per heavy atom. The summed E-state index contributed by atoms with van der Waals surface area (Å²) in [5.41, 5.74) is 2.92. The summed E-state index contributed by atoms with van der Waals surface area (Å²) in [6.45, 7) is 1.16. The number of likely N-dealkylation sites (tertiary alicyclic amines) is 1. The quantitative estimate of drug-likeness (QED) is 0.443. The second-order valence-electron chi connectivity index (χ2n) is 8.47. The van der Waals surface area contributed by atoms with E-state index in [1.54, 1.807) is 31.3 Å². The molecule has 3 heterocycles. The first-order valence-electron chi connectivity index (χ1n) is 11.3. The molecule has 1 atom stereocenters. The molecule has 1 aliphatic rings. The van der Waals surface area contributed by atoms with Gasteiger partial charge in [0.15, 0.2) is 5.69 Å². The average molecular weight is 463 g/mol. The van der Waals surface area contributed by atoms with Gasteiger partial charge in [-0.1, -0.05) is 0 Å². The fraction of sp³-hybridized carbons (Fsp3) is 0.280. The van der Waals surface area contributed by atoms with Crippen molar-refractivity contribution in [1.29, 1.82) is 0 Å². The lowest BCUT2D eigenvalue weighted by atomic mass is 10.0. The van der Waals surface area contributed by atoms with Crippen LogP contribution in [0.4, 0.5) is 8.78 Å². The monoisotopic (exact) mass is 462 g/mol. The van der Waals surface area contributed by atoms with Gasteiger partial charge in [0, 0.05) is 30.9 Å². The first kappa shape index (κ1) is 21.9. The standard InChI is InChI=1S/C25H24F2N6O/c1-31-29-23(18-7-11-20(27)12-8-18)24(30-31)25(34)33-14-3-2-4-21(33)16-32-15-13-22(28-32)17-5-9-19(26)10-6-17/h5-13,15,21H,2-4,14,16H2,1H3. The molecule has 34 heavy (non-hydrogen) atoms. The molecule has 7 nitrogen and oxygen atoms in total. The molecule has 1 fully saturated rings. The van der Waals surface area contributed by atoms with Crippen LogP contribution in [0.1, 0.15) is 29.8 Å². The summed E-state index contributed by atoms with van der Waals surface area (Å²) in [6, 6.07) is 14.0. The third kappa shape index (κ3) is 4.46. The number of piperidine rings is 1. The van der Waals surface area contributed by atoms with Gasteiger partial charge in [-0.2, -0.15) is 15.0 Å². The van der Waals surface area contributed by atoms with Crippen molar-refractivity contribution in [2.45, 2.75) is 31.8 Å². The molecule has 174 valence electrons. The largest absolute Gasteiger partial charge is 0.332 e. The van der Waals surface area contributed by atoms with E-state index in [1.807, 2.05) is 21.8 Å². The minimum Gasteiger partial charge on any atom is -0.332 e. The molecule has 2 aromatic heterocycles. The number of amides is 1. The molecular formula is C25H24F2N6O. The summed E-state index contributed by atoms with van der Waals surface area (Å²) < 4.78 is 28.5. The van der Waals surface area contributed by atoms with E-state index in [4.69, 9.17) is 0 Å². The highest BCUT2D eigenvalue weighted by atomic mass is 19.1. The Balaban J connectivity index is 1.38. The smallest absolute Gasteiger partial charge is 0.277 e. The number of halogens is 2. The van der Waals surface area contributed by atoms with E-state index in [0.717, 1.165) is 30.5 Å². The third-order valence-electron chi connectivity index (χ3n) is 6.10. The molecule has 4 aromatic rings. The van der Waals surface area contributed by atoms with Crippen molar-refractivity contribution in [3.05, 3.63) is 78.1 Å². The van der Waals surface area contributed by atoms with Gasteiger partial charge in [0.1, 0.15) is 17.3 Å². The zero-order valence-electron chi connectivity index (χ0n) is 18.7. The summed E-state index contributed by atoms with van der Waals surface area (Å²) in [4.78, 5) is 16.8. The molecule has 1 amide bonds. The van der Waals surface area contributed by atoms with Crippen LogP contribution in [0.3, 0.4) is 0 Å². The van der Waals surface area contributed by atoms with E-state index < -0.39 is 0 Å². The van der Waals surface area contributed by atoms with E-state index in [0.29, 0.717) is 24.3 Å². The van der Waals surface area contributed by atoms with Crippen LogP contribution in [0.2, 0.25) is 0 Å². The Morgan fingerprint density at radius 3 is 2.29 bits per heavy atom. The zero-order valence-corrected chi connectivity index (χ0v) is 18.7. The van der Waals surface area contributed by atoms with Crippen LogP contribution < -0.4 is 0 Å². The van der Waals surface area contributed by atoms with Gasteiger partial charge >= 0.3 is 0 Å². The number of nitrogens with zero attached hydrogens (tertiary/aromatic N) is 6. The van der Waals surface area contributed by atoms with Crippen LogP contribution in [0.25, 0.3) is 22.5 Å². The topological polar surface area (TPSA) is 68.8 Å². The highest BCUT2D eigenvalue weighted by Gasteiger charge is 2.32. The first-order valence-corrected chi connectivity index (χ1v) is 11.3. The van der Waals surface area contributed by atoms with E-state index >= 15 is 0 Å². The lowest BCUT2D eigenvalue weighted by Crippen LogP contribution is -2.46. The van der Waals surface area contributed by atoms with Crippen LogP contribution >= 0.6 is 0 Å². The highest BCUT2D eigenvalue weighted by Crippen LogP contribution is 2.26. The Bertz CT molecular complexity index is 1300. The van der Waals surface area contributed by atoms with Crippen molar-refractivity contribution in [3.8, 4) is 22.5 Å². The molecule has 0 bridgehead atoms. The Morgan fingerprint density at radius 1 is 0.912 bits per heavy atom. The van der Waals surface area contributed by atoms with E-state index in [-0.39, 0.29) is 29.3 Å². The predicted octanol–water partition coefficient (Wildman–Crippen LogP) is 4.32. The molecule has 1 saturated heterocycles. The molecule has 1 unspecified atom stereocenters. The van der Waals surface area contributed by atoms with E-state index in [2.05, 4.69) is 15.3 Å². The van der Waals surface area contributed by atoms with Gasteiger partial charge in [-0.25, -0.2) is 8.78 Å². The Labute approximate surface area is 195 Å². The fourth-order valence-corrected chi connectivity index (χ4v) is 4.40. The van der Waals surface area contributed by atoms with Gasteiger partial charge in [0.25, 0.3) is 5.91 Å². The maximum Gasteiger partial charge on any atom is 0.277 e. The number of benzene rings is 2. The minimum absolute atomic E-state index is 0.0507. The number of aromatic nitrogens is 5. The second-order valence-corrected chi connectivity index (χ2v) is 8.47. The van der Waals surface area contributed by atoms with Crippen LogP contribution in [0, 0.1) is 11.6 Å². The van der Waals surface area contributed by atoms with E-state index in [1.165, 1.54) is 29.1 Å². The summed E-state index contributed by atoms with van der Waals surface area (Å²) >= 11 is 0. The van der Waals surface area contributed by atoms with Crippen LogP contribution in [0.15, 0.2) is 60.8 Å². The van der Waals surface area contributed by atoms with Crippen LogP contribution in [-0.4, -0.2) is 48.2 Å². The summed E-state index contributed by atoms with van der Waals surface area (Å²) in [6.07, 6.45) is 4.66. The summed E-state index contributed by atoms with van der Waals surface area (Å²) in [5.74, 6) is -0.831. The number of carbonyl (C=O) groups excluding carboxylic acids is 1. The van der Waals surface area contributed by atoms with Crippen molar-refractivity contribution in [2.24, 2.45) is 7.05 Å². The van der Waals surface area contributed by atoms with Gasteiger partial charge < -0.3 is 4.90 Å². The van der Waals surface area contributed by atoms with Crippen molar-refractivity contribution < 1.29 is 13.6 Å². The molecule has 0 aliphatic carbocycles. The zero-order chi connectivity index (χ0) is 23.7. The van der Waals surface area contributed by atoms with Crippen molar-refractivity contribution >= 4 is 5.91 Å². The molecule has 0 saturated carbocycles. The number of hydrogen-bond donors (Lipinski definition) is 0. The lowest BCUT2D eigenvalue weighted by Gasteiger charge is -2.35. The number of rotatable bonds is 5. The normalized spacial score (nSPS) is 16.1. The maximum absolute atomic E-state index is 13.6. The van der Waals surface area contributed by atoms with Gasteiger partial charge in [0.05, 0.1) is 18.3 Å². The number of hydrogen-bond acceptors (Lipinski definition) is 4. The van der Waals surface area contributed by atoms with Crippen LogP contribution in [-0.2, 0) is 13.6 Å². The SMILES string of the molecule is Cn1nc(C(=O)N2CCCCC2Cn2ccc(-c3ccc(F)cc3)n2)c(-c2ccc(F)cc2)n1. The average Bonchev–Trinajstić information content (AvgIpc) is 3.47. The summed E-state index contributed by atoms with van der Waals surface area (Å²) in [5, 5.41) is 13.4. The molecular weight excluding hydrogens is 438 g/mol. The molecule has 9 heteroatoms.